The quantitative estimate of drug-likeness (QED) is 0.501. The molecule has 3 N–H and O–H groups in total. The number of nitrogens with zero attached hydrogens (tertiary/aromatic N) is 2. The Bertz CT molecular complexity index is 1070. The Morgan fingerprint density at radius 1 is 1.13 bits per heavy atom. The predicted molar refractivity (Wildman–Crippen MR) is 104 cm³/mol. The lowest BCUT2D eigenvalue weighted by Crippen LogP contribution is -2.76. The van der Waals surface area contributed by atoms with Crippen molar-refractivity contribution >= 4 is 23.1 Å². The number of hydrogen-bond acceptors (Lipinski definition) is 9. The van der Waals surface area contributed by atoms with Gasteiger partial charge in [-0.1, -0.05) is 19.1 Å². The number of nitriles is 1. The van der Waals surface area contributed by atoms with E-state index in [9.17, 15) is 39.8 Å². The minimum atomic E-state index is -2.87. The van der Waals surface area contributed by atoms with E-state index in [0.717, 1.165) is 0 Å². The van der Waals surface area contributed by atoms with Gasteiger partial charge >= 0.3 is 0 Å². The topological polar surface area (TPSA) is 156 Å². The summed E-state index contributed by atoms with van der Waals surface area (Å²) < 4.78 is 0. The van der Waals surface area contributed by atoms with Crippen molar-refractivity contribution in [2.45, 2.75) is 30.6 Å². The summed E-state index contributed by atoms with van der Waals surface area (Å²) in [5, 5.41) is 42.4. The van der Waals surface area contributed by atoms with Crippen LogP contribution in [0.25, 0.3) is 0 Å². The van der Waals surface area contributed by atoms with Crippen molar-refractivity contribution in [1.29, 1.82) is 5.26 Å². The maximum atomic E-state index is 13.6. The molecular formula is C22H22N2O7. The number of likely N-dealkylation sites (N-methyl/N-ethyl adjacent to an activating group) is 1. The highest BCUT2D eigenvalue weighted by Gasteiger charge is 2.72. The molecule has 0 amide bonds. The maximum Gasteiger partial charge on any atom is 0.197 e. The second-order valence-corrected chi connectivity index (χ2v) is 8.83. The van der Waals surface area contributed by atoms with E-state index in [0.29, 0.717) is 5.56 Å². The fraction of sp³-hybridized carbons (Fsp3) is 0.500. The second kappa shape index (κ2) is 6.79. The number of aliphatic hydroxyl groups excluding tert-OH is 1. The fourth-order valence-corrected chi connectivity index (χ4v) is 5.80. The van der Waals surface area contributed by atoms with Gasteiger partial charge in [-0.3, -0.25) is 24.1 Å². The van der Waals surface area contributed by atoms with Gasteiger partial charge in [0.15, 0.2) is 34.7 Å². The Kier molecular flexibility index (Phi) is 4.66. The lowest BCUT2D eigenvalue weighted by molar-refractivity contribution is -0.195. The summed E-state index contributed by atoms with van der Waals surface area (Å²) in [5.74, 6) is -11.0. The van der Waals surface area contributed by atoms with E-state index >= 15 is 0 Å². The highest BCUT2D eigenvalue weighted by Crippen LogP contribution is 2.54. The highest BCUT2D eigenvalue weighted by molar-refractivity contribution is 6.28. The molecule has 1 aromatic rings. The number of hydrogen-bond donors (Lipinski definition) is 3. The van der Waals surface area contributed by atoms with Crippen LogP contribution in [0.1, 0.15) is 28.8 Å². The van der Waals surface area contributed by atoms with Gasteiger partial charge in [0.2, 0.25) is 0 Å². The molecule has 1 aromatic carbocycles. The van der Waals surface area contributed by atoms with Crippen molar-refractivity contribution in [3.63, 3.8) is 0 Å². The third kappa shape index (κ3) is 2.47. The molecule has 8 unspecified atom stereocenters. The molecule has 2 fully saturated rings. The number of aromatic hydroxyl groups is 1. The summed E-state index contributed by atoms with van der Waals surface area (Å²) >= 11 is 0. The molecule has 162 valence electrons. The Morgan fingerprint density at radius 3 is 2.35 bits per heavy atom. The summed E-state index contributed by atoms with van der Waals surface area (Å²) in [7, 11) is 2.97. The molecule has 0 radical (unpaired) electrons. The van der Waals surface area contributed by atoms with Gasteiger partial charge in [0.1, 0.15) is 5.75 Å². The van der Waals surface area contributed by atoms with Crippen LogP contribution in [0.15, 0.2) is 18.2 Å². The van der Waals surface area contributed by atoms with Crippen LogP contribution in [0.4, 0.5) is 0 Å². The molecule has 9 heteroatoms. The number of carbonyl (C=O) groups is 4. The summed E-state index contributed by atoms with van der Waals surface area (Å²) in [6.07, 6.45) is -1.57. The SMILES string of the molecule is CC1c2cccc(O)c2C(=O)C2C(=O)C3(O)C(=O)C(C#N)C(=O)C(N(C)C)C3C(O)C21. The van der Waals surface area contributed by atoms with Gasteiger partial charge in [-0.25, -0.2) is 0 Å². The summed E-state index contributed by atoms with van der Waals surface area (Å²) in [5.41, 5.74) is -2.52. The Morgan fingerprint density at radius 2 is 1.77 bits per heavy atom. The fourth-order valence-electron chi connectivity index (χ4n) is 5.80. The molecule has 4 rings (SSSR count). The van der Waals surface area contributed by atoms with E-state index in [4.69, 9.17) is 0 Å². The first-order chi connectivity index (χ1) is 14.5. The van der Waals surface area contributed by atoms with Crippen molar-refractivity contribution in [3.05, 3.63) is 29.3 Å². The van der Waals surface area contributed by atoms with E-state index in [1.54, 1.807) is 25.1 Å². The van der Waals surface area contributed by atoms with Crippen molar-refractivity contribution in [2.24, 2.45) is 23.7 Å². The van der Waals surface area contributed by atoms with Crippen LogP contribution >= 0.6 is 0 Å². The van der Waals surface area contributed by atoms with E-state index in [-0.39, 0.29) is 11.3 Å². The largest absolute Gasteiger partial charge is 0.507 e. The number of Topliss-reactive ketones (excluding diaryl/α,β-unsaturated/α-hetero) is 4. The number of fused-ring (bicyclic) bond motifs is 3. The van der Waals surface area contributed by atoms with Crippen molar-refractivity contribution < 1.29 is 34.5 Å². The van der Waals surface area contributed by atoms with E-state index < -0.39 is 70.5 Å². The van der Waals surface area contributed by atoms with Gasteiger partial charge in [-0.05, 0) is 31.6 Å². The average molecular weight is 426 g/mol. The van der Waals surface area contributed by atoms with Crippen molar-refractivity contribution in [3.8, 4) is 11.8 Å². The lowest BCUT2D eigenvalue weighted by Gasteiger charge is -2.55. The second-order valence-electron chi connectivity index (χ2n) is 8.83. The first kappa shape index (κ1) is 21.3. The number of aliphatic hydroxyl groups is 2. The van der Waals surface area contributed by atoms with Crippen LogP contribution in [0, 0.1) is 35.0 Å². The summed E-state index contributed by atoms with van der Waals surface area (Å²) in [6, 6.07) is 4.72. The molecule has 9 nitrogen and oxygen atoms in total. The molecule has 0 bridgehead atoms. The van der Waals surface area contributed by atoms with Crippen LogP contribution < -0.4 is 0 Å². The normalized spacial score (nSPS) is 39.6. The molecule has 0 saturated heterocycles. The molecule has 0 aliphatic heterocycles. The first-order valence-electron chi connectivity index (χ1n) is 9.95. The molecule has 0 heterocycles. The average Bonchev–Trinajstić information content (AvgIpc) is 2.71. The number of benzene rings is 1. The molecule has 0 aromatic heterocycles. The molecular weight excluding hydrogens is 404 g/mol. The summed E-state index contributed by atoms with van der Waals surface area (Å²) in [6.45, 7) is 1.68. The minimum Gasteiger partial charge on any atom is -0.507 e. The molecule has 31 heavy (non-hydrogen) atoms. The highest BCUT2D eigenvalue weighted by atomic mass is 16.3. The van der Waals surface area contributed by atoms with Crippen LogP contribution in [0.5, 0.6) is 5.75 Å². The van der Waals surface area contributed by atoms with E-state index in [1.807, 2.05) is 0 Å². The number of rotatable bonds is 1. The molecule has 3 aliphatic rings. The van der Waals surface area contributed by atoms with Gasteiger partial charge in [0, 0.05) is 5.92 Å². The Labute approximate surface area is 177 Å². The number of phenols is 1. The smallest absolute Gasteiger partial charge is 0.197 e. The van der Waals surface area contributed by atoms with Gasteiger partial charge in [0.05, 0.1) is 35.6 Å². The standard InChI is InChI=1S/C22H22N2O7/c1-8-9-5-4-6-11(25)13(9)18(27)14-12(8)19(28)15-16(24(2)3)17(26)10(7-23)20(29)22(15,31)21(14)30/h4-6,8,10,12,14-16,19,25,28,31H,1-3H3. The van der Waals surface area contributed by atoms with E-state index in [1.165, 1.54) is 25.1 Å². The molecule has 0 spiro atoms. The molecule has 3 aliphatic carbocycles. The number of carbonyl (C=O) groups excluding carboxylic acids is 4. The van der Waals surface area contributed by atoms with Gasteiger partial charge in [0.25, 0.3) is 0 Å². The number of phenolic OH excluding ortho intramolecular Hbond substituents is 1. The lowest BCUT2D eigenvalue weighted by atomic mass is 9.49. The molecule has 2 saturated carbocycles. The van der Waals surface area contributed by atoms with Crippen LogP contribution in [-0.2, 0) is 14.4 Å². The van der Waals surface area contributed by atoms with Gasteiger partial charge in [-0.15, -0.1) is 0 Å². The predicted octanol–water partition coefficient (Wildman–Crippen LogP) is -0.563. The van der Waals surface area contributed by atoms with Crippen LogP contribution in [-0.4, -0.2) is 75.2 Å². The maximum absolute atomic E-state index is 13.6. The minimum absolute atomic E-state index is 0.0841. The van der Waals surface area contributed by atoms with Crippen molar-refractivity contribution in [2.75, 3.05) is 14.1 Å². The van der Waals surface area contributed by atoms with Crippen LogP contribution in [0.2, 0.25) is 0 Å². The monoisotopic (exact) mass is 426 g/mol. The Balaban J connectivity index is 1.96. The first-order valence-corrected chi connectivity index (χ1v) is 9.95. The zero-order valence-electron chi connectivity index (χ0n) is 17.1. The Hall–Kier alpha value is -2.93. The number of ketones is 4. The zero-order chi connectivity index (χ0) is 23.0. The van der Waals surface area contributed by atoms with Gasteiger partial charge < -0.3 is 15.3 Å². The van der Waals surface area contributed by atoms with Crippen LogP contribution in [0.3, 0.4) is 0 Å². The third-order valence-electron chi connectivity index (χ3n) is 7.20. The third-order valence-corrected chi connectivity index (χ3v) is 7.20. The van der Waals surface area contributed by atoms with E-state index in [2.05, 4.69) is 0 Å². The molecule has 8 atom stereocenters. The van der Waals surface area contributed by atoms with Gasteiger partial charge in [-0.2, -0.15) is 5.26 Å². The zero-order valence-corrected chi connectivity index (χ0v) is 17.1. The van der Waals surface area contributed by atoms with Crippen molar-refractivity contribution in [1.82, 2.24) is 4.90 Å². The summed E-state index contributed by atoms with van der Waals surface area (Å²) in [4.78, 5) is 54.1.